The lowest BCUT2D eigenvalue weighted by Gasteiger charge is -2.14. The highest BCUT2D eigenvalue weighted by atomic mass is 35.5. The predicted molar refractivity (Wildman–Crippen MR) is 87.6 cm³/mol. The molecule has 0 N–H and O–H groups in total. The summed E-state index contributed by atoms with van der Waals surface area (Å²) in [6, 6.07) is 3.77. The van der Waals surface area contributed by atoms with Gasteiger partial charge >= 0.3 is 5.97 Å². The van der Waals surface area contributed by atoms with E-state index in [9.17, 15) is 4.79 Å². The smallest absolute Gasteiger partial charge is 0.341 e. The van der Waals surface area contributed by atoms with Crippen LogP contribution in [0, 0.1) is 0 Å². The molecule has 0 amide bonds. The van der Waals surface area contributed by atoms with Gasteiger partial charge in [0.1, 0.15) is 17.3 Å². The number of pyridine rings is 1. The third-order valence-corrected chi connectivity index (χ3v) is 4.41. The van der Waals surface area contributed by atoms with Crippen molar-refractivity contribution in [1.82, 2.24) is 14.8 Å². The second-order valence-corrected chi connectivity index (χ2v) is 6.37. The molecule has 2 aromatic rings. The molecule has 0 unspecified atom stereocenters. The number of carbonyl (C=O) groups excluding carboxylic acids is 1. The van der Waals surface area contributed by atoms with Gasteiger partial charge in [-0.2, -0.15) is 5.10 Å². The first-order valence-electron chi connectivity index (χ1n) is 7.95. The summed E-state index contributed by atoms with van der Waals surface area (Å²) in [7, 11) is 0. The van der Waals surface area contributed by atoms with Crippen molar-refractivity contribution in [2.24, 2.45) is 0 Å². The van der Waals surface area contributed by atoms with Crippen LogP contribution < -0.4 is 0 Å². The molecule has 0 aromatic carbocycles. The molecular weight excluding hydrogens is 314 g/mol. The summed E-state index contributed by atoms with van der Waals surface area (Å²) >= 11 is 5.75. The van der Waals surface area contributed by atoms with Crippen molar-refractivity contribution in [3.63, 3.8) is 0 Å². The molecule has 0 aliphatic heterocycles. The third-order valence-electron chi connectivity index (χ3n) is 4.18. The highest BCUT2D eigenvalue weighted by molar-refractivity contribution is 6.29. The van der Waals surface area contributed by atoms with E-state index in [-0.39, 0.29) is 18.6 Å². The molecule has 23 heavy (non-hydrogen) atoms. The van der Waals surface area contributed by atoms with E-state index in [1.54, 1.807) is 24.5 Å². The Kier molecular flexibility index (Phi) is 4.66. The summed E-state index contributed by atoms with van der Waals surface area (Å²) in [6.07, 6.45) is 6.46. The van der Waals surface area contributed by atoms with Crippen LogP contribution >= 0.6 is 11.6 Å². The predicted octanol–water partition coefficient (Wildman–Crippen LogP) is 4.14. The normalized spacial score (nSPS) is 15.4. The Morgan fingerprint density at radius 1 is 1.43 bits per heavy atom. The summed E-state index contributed by atoms with van der Waals surface area (Å²) in [6.45, 7) is 4.42. The zero-order valence-corrected chi connectivity index (χ0v) is 14.1. The first-order chi connectivity index (χ1) is 11.1. The summed E-state index contributed by atoms with van der Waals surface area (Å²) in [4.78, 5) is 16.4. The molecule has 1 atom stereocenters. The standard InChI is InChI=1S/C17H20ClN3O2/c1-3-11(2)21-16(13-5-6-13)14(9-20-21)17(22)23-10-12-4-7-15(18)19-8-12/h4,7-9,11,13H,3,5-6,10H2,1-2H3/t11-/m0/s1. The van der Waals surface area contributed by atoms with Crippen molar-refractivity contribution in [2.45, 2.75) is 51.7 Å². The number of hydrogen-bond donors (Lipinski definition) is 0. The van der Waals surface area contributed by atoms with Gasteiger partial charge in [0, 0.05) is 23.7 Å². The third kappa shape index (κ3) is 3.55. The zero-order chi connectivity index (χ0) is 16.4. The highest BCUT2D eigenvalue weighted by Gasteiger charge is 2.33. The molecule has 0 radical (unpaired) electrons. The summed E-state index contributed by atoms with van der Waals surface area (Å²) in [5, 5.41) is 4.84. The summed E-state index contributed by atoms with van der Waals surface area (Å²) < 4.78 is 7.41. The molecule has 6 heteroatoms. The van der Waals surface area contributed by atoms with E-state index < -0.39 is 0 Å². The number of aromatic nitrogens is 3. The molecule has 1 saturated carbocycles. The van der Waals surface area contributed by atoms with Crippen molar-refractivity contribution in [1.29, 1.82) is 0 Å². The fraction of sp³-hybridized carbons (Fsp3) is 0.471. The van der Waals surface area contributed by atoms with E-state index in [4.69, 9.17) is 16.3 Å². The van der Waals surface area contributed by atoms with Crippen LogP contribution in [0.1, 0.15) is 66.7 Å². The molecule has 2 heterocycles. The molecule has 0 bridgehead atoms. The number of carbonyl (C=O) groups is 1. The fourth-order valence-electron chi connectivity index (χ4n) is 2.54. The van der Waals surface area contributed by atoms with Crippen LogP contribution in [0.4, 0.5) is 0 Å². The Balaban J connectivity index is 1.74. The van der Waals surface area contributed by atoms with E-state index in [2.05, 4.69) is 23.9 Å². The maximum atomic E-state index is 12.4. The average Bonchev–Trinajstić information content (AvgIpc) is 3.31. The number of esters is 1. The molecule has 2 aromatic heterocycles. The number of rotatable bonds is 6. The molecule has 122 valence electrons. The van der Waals surface area contributed by atoms with Gasteiger partial charge in [-0.1, -0.05) is 24.6 Å². The van der Waals surface area contributed by atoms with Crippen molar-refractivity contribution in [3.05, 3.63) is 46.5 Å². The lowest BCUT2D eigenvalue weighted by atomic mass is 10.1. The highest BCUT2D eigenvalue weighted by Crippen LogP contribution is 2.42. The monoisotopic (exact) mass is 333 g/mol. The maximum Gasteiger partial charge on any atom is 0.341 e. The number of hydrogen-bond acceptors (Lipinski definition) is 4. The van der Waals surface area contributed by atoms with Crippen molar-refractivity contribution < 1.29 is 9.53 Å². The first kappa shape index (κ1) is 16.0. The van der Waals surface area contributed by atoms with Crippen LogP contribution in [0.25, 0.3) is 0 Å². The quantitative estimate of drug-likeness (QED) is 0.589. The average molecular weight is 334 g/mol. The fourth-order valence-corrected chi connectivity index (χ4v) is 2.65. The van der Waals surface area contributed by atoms with Crippen LogP contribution in [0.3, 0.4) is 0 Å². The molecule has 1 aliphatic rings. The molecule has 3 rings (SSSR count). The van der Waals surface area contributed by atoms with E-state index in [1.165, 1.54) is 0 Å². The molecule has 1 fully saturated rings. The Bertz CT molecular complexity index is 692. The van der Waals surface area contributed by atoms with Gasteiger partial charge in [-0.15, -0.1) is 0 Å². The lowest BCUT2D eigenvalue weighted by Crippen LogP contribution is -2.12. The number of halogens is 1. The molecular formula is C17H20ClN3O2. The van der Waals surface area contributed by atoms with Gasteiger partial charge in [-0.05, 0) is 32.3 Å². The van der Waals surface area contributed by atoms with Gasteiger partial charge in [-0.3, -0.25) is 4.68 Å². The molecule has 0 spiro atoms. The second kappa shape index (κ2) is 6.71. The Morgan fingerprint density at radius 3 is 2.83 bits per heavy atom. The SMILES string of the molecule is CC[C@H](C)n1ncc(C(=O)OCc2ccc(Cl)nc2)c1C1CC1. The van der Waals surface area contributed by atoms with Crippen LogP contribution in [-0.2, 0) is 11.3 Å². The zero-order valence-electron chi connectivity index (χ0n) is 13.3. The van der Waals surface area contributed by atoms with Gasteiger partial charge < -0.3 is 4.74 Å². The van der Waals surface area contributed by atoms with Gasteiger partial charge in [0.15, 0.2) is 0 Å². The second-order valence-electron chi connectivity index (χ2n) is 5.98. The van der Waals surface area contributed by atoms with E-state index in [0.29, 0.717) is 16.6 Å². The van der Waals surface area contributed by atoms with Crippen molar-refractivity contribution >= 4 is 17.6 Å². The summed E-state index contributed by atoms with van der Waals surface area (Å²) in [5.74, 6) is 0.114. The van der Waals surface area contributed by atoms with E-state index >= 15 is 0 Å². The molecule has 1 aliphatic carbocycles. The van der Waals surface area contributed by atoms with E-state index in [1.807, 2.05) is 4.68 Å². The molecule has 5 nitrogen and oxygen atoms in total. The Hall–Kier alpha value is -1.88. The molecule has 0 saturated heterocycles. The maximum absolute atomic E-state index is 12.4. The lowest BCUT2D eigenvalue weighted by molar-refractivity contribution is 0.0470. The van der Waals surface area contributed by atoms with Gasteiger partial charge in [0.25, 0.3) is 0 Å². The topological polar surface area (TPSA) is 57.0 Å². The Morgan fingerprint density at radius 2 is 2.22 bits per heavy atom. The Labute approximate surface area is 140 Å². The summed E-state index contributed by atoms with van der Waals surface area (Å²) in [5.41, 5.74) is 2.43. The van der Waals surface area contributed by atoms with Crippen molar-refractivity contribution in [3.8, 4) is 0 Å². The number of ether oxygens (including phenoxy) is 1. The van der Waals surface area contributed by atoms with Crippen LogP contribution in [0.2, 0.25) is 5.15 Å². The minimum Gasteiger partial charge on any atom is -0.457 e. The van der Waals surface area contributed by atoms with Crippen LogP contribution in [0.15, 0.2) is 24.5 Å². The minimum atomic E-state index is -0.323. The minimum absolute atomic E-state index is 0.182. The number of nitrogens with zero attached hydrogens (tertiary/aromatic N) is 3. The van der Waals surface area contributed by atoms with Crippen LogP contribution in [-0.4, -0.2) is 20.7 Å². The van der Waals surface area contributed by atoms with Gasteiger partial charge in [0.05, 0.1) is 11.9 Å². The largest absolute Gasteiger partial charge is 0.457 e. The van der Waals surface area contributed by atoms with Crippen LogP contribution in [0.5, 0.6) is 0 Å². The first-order valence-corrected chi connectivity index (χ1v) is 8.33. The van der Waals surface area contributed by atoms with Gasteiger partial charge in [-0.25, -0.2) is 9.78 Å². The van der Waals surface area contributed by atoms with Crippen molar-refractivity contribution in [2.75, 3.05) is 0 Å². The van der Waals surface area contributed by atoms with E-state index in [0.717, 1.165) is 30.5 Å². The van der Waals surface area contributed by atoms with Gasteiger partial charge in [0.2, 0.25) is 0 Å².